The number of H-pyrrole nitrogens is 2. The zero-order valence-electron chi connectivity index (χ0n) is 18.3. The summed E-state index contributed by atoms with van der Waals surface area (Å²) in [6, 6.07) is 10.4. The Kier molecular flexibility index (Phi) is 5.28. The number of rotatable bonds is 5. The molecule has 8 heteroatoms. The van der Waals surface area contributed by atoms with Gasteiger partial charge in [-0.2, -0.15) is 5.10 Å². The third kappa shape index (κ3) is 3.69. The molecule has 0 amide bonds. The fourth-order valence-corrected chi connectivity index (χ4v) is 4.17. The summed E-state index contributed by atoms with van der Waals surface area (Å²) >= 11 is 0. The molecular formula is C24H26N8. The van der Waals surface area contributed by atoms with Gasteiger partial charge in [-0.05, 0) is 56.1 Å². The third-order valence-corrected chi connectivity index (χ3v) is 6.02. The van der Waals surface area contributed by atoms with E-state index in [-0.39, 0.29) is 0 Å². The lowest BCUT2D eigenvalue weighted by Gasteiger charge is -2.33. The quantitative estimate of drug-likeness (QED) is 0.374. The smallest absolute Gasteiger partial charge is 0.138 e. The first kappa shape index (κ1) is 20.1. The SMILES string of the molecule is C=NC=N/C=C(\C)c1ccc2[nH]nc(-c3cc4c(N5CCN(C)CC5)nccc4[nH]3)c2c1. The Labute approximate surface area is 186 Å². The molecule has 0 spiro atoms. The van der Waals surface area contributed by atoms with Crippen molar-refractivity contribution < 1.29 is 0 Å². The van der Waals surface area contributed by atoms with Gasteiger partial charge < -0.3 is 14.8 Å². The van der Waals surface area contributed by atoms with E-state index in [0.29, 0.717) is 0 Å². The molecular weight excluding hydrogens is 400 g/mol. The van der Waals surface area contributed by atoms with Gasteiger partial charge in [0.25, 0.3) is 0 Å². The Bertz CT molecular complexity index is 1330. The van der Waals surface area contributed by atoms with Gasteiger partial charge in [0, 0.05) is 49.3 Å². The lowest BCUT2D eigenvalue weighted by atomic mass is 10.0. The minimum Gasteiger partial charge on any atom is -0.353 e. The summed E-state index contributed by atoms with van der Waals surface area (Å²) in [5.74, 6) is 1.03. The summed E-state index contributed by atoms with van der Waals surface area (Å²) in [7, 11) is 2.16. The predicted molar refractivity (Wildman–Crippen MR) is 133 cm³/mol. The van der Waals surface area contributed by atoms with Crippen molar-refractivity contribution >= 4 is 46.3 Å². The van der Waals surface area contributed by atoms with Crippen LogP contribution in [-0.4, -0.2) is 71.3 Å². The van der Waals surface area contributed by atoms with Crippen molar-refractivity contribution in [3.05, 3.63) is 48.3 Å². The molecule has 4 heterocycles. The van der Waals surface area contributed by atoms with Gasteiger partial charge in [0.1, 0.15) is 17.9 Å². The second kappa shape index (κ2) is 8.39. The molecule has 3 aromatic heterocycles. The molecule has 5 rings (SSSR count). The summed E-state index contributed by atoms with van der Waals surface area (Å²) in [6.45, 7) is 9.48. The first-order chi connectivity index (χ1) is 15.6. The normalized spacial score (nSPS) is 15.9. The Morgan fingerprint density at radius 3 is 2.75 bits per heavy atom. The number of benzene rings is 1. The minimum atomic E-state index is 0.895. The largest absolute Gasteiger partial charge is 0.353 e. The fourth-order valence-electron chi connectivity index (χ4n) is 4.17. The average molecular weight is 427 g/mol. The molecule has 162 valence electrons. The molecule has 0 aliphatic carbocycles. The van der Waals surface area contributed by atoms with Crippen LogP contribution in [0.25, 0.3) is 38.8 Å². The highest BCUT2D eigenvalue weighted by Crippen LogP contribution is 2.33. The fraction of sp³-hybridized carbons (Fsp3) is 0.250. The Morgan fingerprint density at radius 1 is 1.09 bits per heavy atom. The number of hydrogen-bond acceptors (Lipinski definition) is 5. The molecule has 8 nitrogen and oxygen atoms in total. The maximum atomic E-state index is 4.71. The molecule has 0 saturated carbocycles. The van der Waals surface area contributed by atoms with Crippen molar-refractivity contribution in [1.82, 2.24) is 25.1 Å². The number of aliphatic imine (C=N–C) groups is 2. The second-order valence-corrected chi connectivity index (χ2v) is 8.16. The van der Waals surface area contributed by atoms with Gasteiger partial charge in [-0.1, -0.05) is 6.07 Å². The van der Waals surface area contributed by atoms with Crippen LogP contribution in [0.2, 0.25) is 0 Å². The lowest BCUT2D eigenvalue weighted by molar-refractivity contribution is 0.312. The van der Waals surface area contributed by atoms with Crippen molar-refractivity contribution in [3.63, 3.8) is 0 Å². The van der Waals surface area contributed by atoms with Crippen molar-refractivity contribution in [3.8, 4) is 11.4 Å². The van der Waals surface area contributed by atoms with Crippen molar-refractivity contribution in [1.29, 1.82) is 0 Å². The number of nitrogens with one attached hydrogen (secondary N) is 2. The number of nitrogens with zero attached hydrogens (tertiary/aromatic N) is 6. The van der Waals surface area contributed by atoms with Gasteiger partial charge in [-0.25, -0.2) is 9.98 Å². The summed E-state index contributed by atoms with van der Waals surface area (Å²) in [4.78, 5) is 20.8. The number of likely N-dealkylation sites (N-methyl/N-ethyl adjacent to an activating group) is 1. The number of allylic oxidation sites excluding steroid dienone is 1. The van der Waals surface area contributed by atoms with Crippen LogP contribution in [0.15, 0.2) is 52.7 Å². The number of anilines is 1. The number of hydrogen-bond donors (Lipinski definition) is 2. The summed E-state index contributed by atoms with van der Waals surface area (Å²) in [6.07, 6.45) is 5.10. The zero-order chi connectivity index (χ0) is 22.1. The molecule has 1 aliphatic rings. The zero-order valence-corrected chi connectivity index (χ0v) is 18.3. The van der Waals surface area contributed by atoms with Crippen molar-refractivity contribution in [2.75, 3.05) is 38.1 Å². The van der Waals surface area contributed by atoms with E-state index >= 15 is 0 Å². The van der Waals surface area contributed by atoms with Crippen LogP contribution in [0.1, 0.15) is 12.5 Å². The van der Waals surface area contributed by atoms with Crippen molar-refractivity contribution in [2.45, 2.75) is 6.92 Å². The van der Waals surface area contributed by atoms with Crippen LogP contribution in [-0.2, 0) is 0 Å². The van der Waals surface area contributed by atoms with E-state index in [2.05, 4.69) is 66.9 Å². The highest BCUT2D eigenvalue weighted by molar-refractivity contribution is 5.99. The van der Waals surface area contributed by atoms with E-state index < -0.39 is 0 Å². The number of fused-ring (bicyclic) bond motifs is 2. The van der Waals surface area contributed by atoms with E-state index in [1.807, 2.05) is 25.3 Å². The van der Waals surface area contributed by atoms with Crippen LogP contribution in [0, 0.1) is 0 Å². The average Bonchev–Trinajstić information content (AvgIpc) is 3.43. The van der Waals surface area contributed by atoms with Crippen molar-refractivity contribution in [2.24, 2.45) is 9.98 Å². The summed E-state index contributed by atoms with van der Waals surface area (Å²) in [5, 5.41) is 9.96. The maximum Gasteiger partial charge on any atom is 0.138 e. The number of aromatic nitrogens is 4. The van der Waals surface area contributed by atoms with Crippen LogP contribution in [0.4, 0.5) is 5.82 Å². The first-order valence-electron chi connectivity index (χ1n) is 10.7. The van der Waals surface area contributed by atoms with E-state index in [0.717, 1.165) is 76.3 Å². The minimum absolute atomic E-state index is 0.895. The Hall–Kier alpha value is -3.78. The van der Waals surface area contributed by atoms with E-state index in [1.165, 1.54) is 6.34 Å². The van der Waals surface area contributed by atoms with Gasteiger partial charge in [0.05, 0.1) is 16.7 Å². The molecule has 1 aromatic carbocycles. The van der Waals surface area contributed by atoms with Gasteiger partial charge in [-0.3, -0.25) is 10.1 Å². The summed E-state index contributed by atoms with van der Waals surface area (Å²) < 4.78 is 0. The predicted octanol–water partition coefficient (Wildman–Crippen LogP) is 3.95. The summed E-state index contributed by atoms with van der Waals surface area (Å²) in [5.41, 5.74) is 6.05. The van der Waals surface area contributed by atoms with Crippen LogP contribution >= 0.6 is 0 Å². The van der Waals surface area contributed by atoms with Gasteiger partial charge in [0.2, 0.25) is 0 Å². The van der Waals surface area contributed by atoms with Crippen LogP contribution < -0.4 is 4.90 Å². The molecule has 1 fully saturated rings. The van der Waals surface area contributed by atoms with E-state index in [9.17, 15) is 0 Å². The highest BCUT2D eigenvalue weighted by atomic mass is 15.3. The number of piperazine rings is 1. The molecule has 0 bridgehead atoms. The lowest BCUT2D eigenvalue weighted by Crippen LogP contribution is -2.44. The van der Waals surface area contributed by atoms with Gasteiger partial charge in [-0.15, -0.1) is 0 Å². The Balaban J connectivity index is 1.55. The number of aromatic amines is 2. The third-order valence-electron chi connectivity index (χ3n) is 6.02. The van der Waals surface area contributed by atoms with Crippen LogP contribution in [0.3, 0.4) is 0 Å². The molecule has 1 aliphatic heterocycles. The van der Waals surface area contributed by atoms with Crippen LogP contribution in [0.5, 0.6) is 0 Å². The topological polar surface area (TPSA) is 88.6 Å². The first-order valence-corrected chi connectivity index (χ1v) is 10.7. The highest BCUT2D eigenvalue weighted by Gasteiger charge is 2.19. The second-order valence-electron chi connectivity index (χ2n) is 8.16. The van der Waals surface area contributed by atoms with E-state index in [4.69, 9.17) is 4.98 Å². The van der Waals surface area contributed by atoms with E-state index in [1.54, 1.807) is 6.20 Å². The van der Waals surface area contributed by atoms with Gasteiger partial charge >= 0.3 is 0 Å². The molecule has 1 saturated heterocycles. The molecule has 2 N–H and O–H groups in total. The molecule has 4 aromatic rings. The molecule has 0 unspecified atom stereocenters. The standard InChI is InChI=1S/C24H26N8/c1-16(14-26-15-25-2)17-4-5-21-18(12-17)23(30-29-21)22-13-19-20(28-22)6-7-27-24(19)32-10-8-31(3)9-11-32/h4-7,12-15,28H,2,8-11H2,1,3H3,(H,29,30)/b16-14+,26-15?. The number of pyridine rings is 1. The maximum absolute atomic E-state index is 4.71. The molecule has 32 heavy (non-hydrogen) atoms. The van der Waals surface area contributed by atoms with Gasteiger partial charge in [0.15, 0.2) is 0 Å². The monoisotopic (exact) mass is 426 g/mol. The molecule has 0 radical (unpaired) electrons. The molecule has 0 atom stereocenters. The Morgan fingerprint density at radius 2 is 1.94 bits per heavy atom.